The fraction of sp³-hybridized carbons (Fsp3) is 0.263. The van der Waals surface area contributed by atoms with Crippen LogP contribution >= 0.6 is 23.2 Å². The molecule has 0 radical (unpaired) electrons. The Morgan fingerprint density at radius 2 is 1.93 bits per heavy atom. The number of hydrogen-bond donors (Lipinski definition) is 1. The van der Waals surface area contributed by atoms with Gasteiger partial charge >= 0.3 is 6.61 Å². The maximum Gasteiger partial charge on any atom is 0.387 e. The SMILES string of the molecule is CCCN(CC(=O)Nc1ccc(Cl)cc1Cl)C(=O)c1cccc(OC(F)F)c1. The molecule has 2 aromatic rings. The average Bonchev–Trinajstić information content (AvgIpc) is 2.63. The summed E-state index contributed by atoms with van der Waals surface area (Å²) in [6, 6.07) is 10.1. The van der Waals surface area contributed by atoms with E-state index in [0.717, 1.165) is 0 Å². The molecule has 2 rings (SSSR count). The monoisotopic (exact) mass is 430 g/mol. The number of nitrogens with zero attached hydrogens (tertiary/aromatic N) is 1. The first-order valence-electron chi connectivity index (χ1n) is 8.39. The van der Waals surface area contributed by atoms with Gasteiger partial charge in [0.25, 0.3) is 5.91 Å². The van der Waals surface area contributed by atoms with E-state index in [4.69, 9.17) is 23.2 Å². The molecule has 28 heavy (non-hydrogen) atoms. The molecule has 0 atom stereocenters. The first-order chi connectivity index (χ1) is 13.3. The van der Waals surface area contributed by atoms with Gasteiger partial charge in [0.1, 0.15) is 12.3 Å². The molecule has 2 amide bonds. The van der Waals surface area contributed by atoms with Crippen molar-refractivity contribution in [1.29, 1.82) is 0 Å². The van der Waals surface area contributed by atoms with Gasteiger partial charge in [0, 0.05) is 17.1 Å². The zero-order chi connectivity index (χ0) is 20.7. The standard InChI is InChI=1S/C19H18Cl2F2N2O3/c1-2-8-25(11-17(26)24-16-7-6-13(20)10-15(16)21)18(27)12-4-3-5-14(9-12)28-19(22)23/h3-7,9-10,19H,2,8,11H2,1H3,(H,24,26). The molecule has 0 heterocycles. The van der Waals surface area contributed by atoms with Gasteiger partial charge < -0.3 is 15.0 Å². The van der Waals surface area contributed by atoms with Crippen LogP contribution in [-0.4, -0.2) is 36.4 Å². The smallest absolute Gasteiger partial charge is 0.387 e. The Morgan fingerprint density at radius 3 is 2.57 bits per heavy atom. The number of hydrogen-bond acceptors (Lipinski definition) is 3. The highest BCUT2D eigenvalue weighted by Gasteiger charge is 2.20. The van der Waals surface area contributed by atoms with E-state index >= 15 is 0 Å². The van der Waals surface area contributed by atoms with Crippen molar-refractivity contribution in [2.75, 3.05) is 18.4 Å². The van der Waals surface area contributed by atoms with E-state index in [1.807, 2.05) is 6.92 Å². The van der Waals surface area contributed by atoms with Crippen LogP contribution in [-0.2, 0) is 4.79 Å². The summed E-state index contributed by atoms with van der Waals surface area (Å²) in [7, 11) is 0. The molecular weight excluding hydrogens is 413 g/mol. The lowest BCUT2D eigenvalue weighted by Gasteiger charge is -2.22. The Bertz CT molecular complexity index is 850. The van der Waals surface area contributed by atoms with Gasteiger partial charge in [-0.05, 0) is 42.8 Å². The van der Waals surface area contributed by atoms with Gasteiger partial charge in [-0.2, -0.15) is 8.78 Å². The fourth-order valence-corrected chi connectivity index (χ4v) is 2.92. The zero-order valence-corrected chi connectivity index (χ0v) is 16.4. The number of carbonyl (C=O) groups is 2. The second-order valence-electron chi connectivity index (χ2n) is 5.81. The zero-order valence-electron chi connectivity index (χ0n) is 14.9. The third-order valence-corrected chi connectivity index (χ3v) is 4.17. The van der Waals surface area contributed by atoms with E-state index < -0.39 is 18.4 Å². The van der Waals surface area contributed by atoms with Gasteiger partial charge in [0.05, 0.1) is 10.7 Å². The molecule has 2 aromatic carbocycles. The van der Waals surface area contributed by atoms with E-state index in [2.05, 4.69) is 10.1 Å². The topological polar surface area (TPSA) is 58.6 Å². The number of alkyl halides is 2. The Kier molecular flexibility index (Phi) is 8.02. The minimum absolute atomic E-state index is 0.130. The second-order valence-corrected chi connectivity index (χ2v) is 6.65. The molecule has 0 aliphatic carbocycles. The summed E-state index contributed by atoms with van der Waals surface area (Å²) in [5.74, 6) is -1.06. The van der Waals surface area contributed by atoms with Crippen LogP contribution in [0.4, 0.5) is 14.5 Å². The molecule has 150 valence electrons. The van der Waals surface area contributed by atoms with Crippen molar-refractivity contribution < 1.29 is 23.1 Å². The summed E-state index contributed by atoms with van der Waals surface area (Å²) in [5, 5.41) is 3.32. The highest BCUT2D eigenvalue weighted by Crippen LogP contribution is 2.25. The van der Waals surface area contributed by atoms with Gasteiger partial charge in [-0.15, -0.1) is 0 Å². The first-order valence-corrected chi connectivity index (χ1v) is 9.14. The van der Waals surface area contributed by atoms with E-state index in [9.17, 15) is 18.4 Å². The van der Waals surface area contributed by atoms with Crippen LogP contribution in [0.15, 0.2) is 42.5 Å². The molecule has 0 unspecified atom stereocenters. The van der Waals surface area contributed by atoms with Gasteiger partial charge in [-0.25, -0.2) is 0 Å². The van der Waals surface area contributed by atoms with Gasteiger partial charge in [0.2, 0.25) is 5.91 Å². The van der Waals surface area contributed by atoms with Crippen molar-refractivity contribution >= 4 is 40.7 Å². The number of nitrogens with one attached hydrogen (secondary N) is 1. The first kappa shape index (κ1) is 21.9. The number of amides is 2. The maximum absolute atomic E-state index is 12.7. The number of benzene rings is 2. The number of anilines is 1. The largest absolute Gasteiger partial charge is 0.435 e. The summed E-state index contributed by atoms with van der Waals surface area (Å²) in [6.07, 6.45) is 0.605. The fourth-order valence-electron chi connectivity index (χ4n) is 2.46. The van der Waals surface area contributed by atoms with Gasteiger partial charge in [-0.3, -0.25) is 9.59 Å². The molecule has 0 aliphatic rings. The Hall–Kier alpha value is -2.38. The second kappa shape index (κ2) is 10.2. The molecular formula is C19H18Cl2F2N2O3. The van der Waals surface area contributed by atoms with Crippen LogP contribution in [0.1, 0.15) is 23.7 Å². The Labute approximate surface area is 171 Å². The predicted molar refractivity (Wildman–Crippen MR) is 104 cm³/mol. The van der Waals surface area contributed by atoms with Crippen LogP contribution < -0.4 is 10.1 Å². The van der Waals surface area contributed by atoms with E-state index in [1.165, 1.54) is 35.2 Å². The van der Waals surface area contributed by atoms with Gasteiger partial charge in [0.15, 0.2) is 0 Å². The maximum atomic E-state index is 12.7. The van der Waals surface area contributed by atoms with Crippen molar-refractivity contribution in [3.05, 3.63) is 58.1 Å². The predicted octanol–water partition coefficient (Wildman–Crippen LogP) is 5.09. The lowest BCUT2D eigenvalue weighted by Crippen LogP contribution is -2.38. The van der Waals surface area contributed by atoms with Crippen LogP contribution in [0.25, 0.3) is 0 Å². The summed E-state index contributed by atoms with van der Waals surface area (Å²) in [4.78, 5) is 26.4. The lowest BCUT2D eigenvalue weighted by atomic mass is 10.2. The van der Waals surface area contributed by atoms with Crippen LogP contribution in [0, 0.1) is 0 Å². The lowest BCUT2D eigenvalue weighted by molar-refractivity contribution is -0.116. The van der Waals surface area contributed by atoms with E-state index in [1.54, 1.807) is 12.1 Å². The molecule has 0 saturated carbocycles. The number of ether oxygens (including phenoxy) is 1. The molecule has 0 saturated heterocycles. The molecule has 1 N–H and O–H groups in total. The number of carbonyl (C=O) groups excluding carboxylic acids is 2. The third-order valence-electron chi connectivity index (χ3n) is 3.63. The van der Waals surface area contributed by atoms with Crippen LogP contribution in [0.2, 0.25) is 10.0 Å². The minimum Gasteiger partial charge on any atom is -0.435 e. The average molecular weight is 431 g/mol. The number of halogens is 4. The highest BCUT2D eigenvalue weighted by molar-refractivity contribution is 6.36. The summed E-state index contributed by atoms with van der Waals surface area (Å²) < 4.78 is 29.1. The summed E-state index contributed by atoms with van der Waals surface area (Å²) in [6.45, 7) is -1.07. The van der Waals surface area contributed by atoms with Gasteiger partial charge in [-0.1, -0.05) is 36.2 Å². The Morgan fingerprint density at radius 1 is 1.18 bits per heavy atom. The molecule has 0 aromatic heterocycles. The molecule has 9 heteroatoms. The van der Waals surface area contributed by atoms with Crippen LogP contribution in [0.3, 0.4) is 0 Å². The third kappa shape index (κ3) is 6.35. The van der Waals surface area contributed by atoms with E-state index in [0.29, 0.717) is 23.7 Å². The van der Waals surface area contributed by atoms with Crippen molar-refractivity contribution in [3.63, 3.8) is 0 Å². The van der Waals surface area contributed by atoms with Crippen molar-refractivity contribution in [2.24, 2.45) is 0 Å². The normalized spacial score (nSPS) is 10.6. The van der Waals surface area contributed by atoms with Crippen LogP contribution in [0.5, 0.6) is 5.75 Å². The summed E-state index contributed by atoms with van der Waals surface area (Å²) >= 11 is 11.9. The van der Waals surface area contributed by atoms with Crippen molar-refractivity contribution in [3.8, 4) is 5.75 Å². The Balaban J connectivity index is 2.11. The van der Waals surface area contributed by atoms with Crippen molar-refractivity contribution in [1.82, 2.24) is 4.90 Å². The molecule has 0 spiro atoms. The summed E-state index contributed by atoms with van der Waals surface area (Å²) in [5.41, 5.74) is 0.510. The quantitative estimate of drug-likeness (QED) is 0.634. The molecule has 0 aliphatic heterocycles. The van der Waals surface area contributed by atoms with Crippen molar-refractivity contribution in [2.45, 2.75) is 20.0 Å². The molecule has 5 nitrogen and oxygen atoms in total. The molecule has 0 fully saturated rings. The minimum atomic E-state index is -2.99. The highest BCUT2D eigenvalue weighted by atomic mass is 35.5. The molecule has 0 bridgehead atoms. The number of rotatable bonds is 8. The van der Waals surface area contributed by atoms with E-state index in [-0.39, 0.29) is 22.9 Å².